The van der Waals surface area contributed by atoms with Gasteiger partial charge in [0.05, 0.1) is 11.1 Å². The molecule has 0 unspecified atom stereocenters. The molecule has 2 aromatic heterocycles. The number of aromatic nitrogens is 4. The van der Waals surface area contributed by atoms with Crippen LogP contribution in [0.5, 0.6) is 0 Å². The largest absolute Gasteiger partial charge is 0.334 e. The summed E-state index contributed by atoms with van der Waals surface area (Å²) >= 11 is 0. The van der Waals surface area contributed by atoms with Crippen molar-refractivity contribution >= 4 is 0 Å². The first-order valence-corrected chi connectivity index (χ1v) is 6.66. The minimum Gasteiger partial charge on any atom is -0.334 e. The zero-order valence-electron chi connectivity index (χ0n) is 10.7. The lowest BCUT2D eigenvalue weighted by Gasteiger charge is -2.23. The van der Waals surface area contributed by atoms with Gasteiger partial charge in [-0.3, -0.25) is 0 Å². The van der Waals surface area contributed by atoms with Crippen LogP contribution in [0.3, 0.4) is 0 Å². The fraction of sp³-hybridized carbons (Fsp3) is 0.538. The first kappa shape index (κ1) is 12.2. The Hall–Kier alpha value is -1.82. The van der Waals surface area contributed by atoms with Crippen LogP contribution in [0.1, 0.15) is 44.3 Å². The second-order valence-corrected chi connectivity index (χ2v) is 5.12. The SMILES string of the molecule is NC1(c2noc(-c3cncnc3)n2)CCCCCC1. The van der Waals surface area contributed by atoms with Gasteiger partial charge in [-0.1, -0.05) is 30.8 Å². The molecule has 100 valence electrons. The molecule has 0 aliphatic heterocycles. The van der Waals surface area contributed by atoms with Gasteiger partial charge >= 0.3 is 0 Å². The van der Waals surface area contributed by atoms with Crippen molar-refractivity contribution in [3.8, 4) is 11.5 Å². The summed E-state index contributed by atoms with van der Waals surface area (Å²) in [5, 5.41) is 4.06. The average molecular weight is 259 g/mol. The van der Waals surface area contributed by atoms with Gasteiger partial charge in [-0.15, -0.1) is 0 Å². The molecule has 2 heterocycles. The Bertz CT molecular complexity index is 531. The number of hydrogen-bond acceptors (Lipinski definition) is 6. The topological polar surface area (TPSA) is 90.7 Å². The van der Waals surface area contributed by atoms with Crippen LogP contribution in [0.2, 0.25) is 0 Å². The van der Waals surface area contributed by atoms with Gasteiger partial charge in [0.2, 0.25) is 0 Å². The highest BCUT2D eigenvalue weighted by Crippen LogP contribution is 2.32. The standard InChI is InChI=1S/C13H17N5O/c14-13(5-3-1-2-4-6-13)12-17-11(19-18-12)10-7-15-9-16-8-10/h7-9H,1-6,14H2. The van der Waals surface area contributed by atoms with Gasteiger partial charge in [-0.05, 0) is 12.8 Å². The third-order valence-corrected chi connectivity index (χ3v) is 3.67. The molecule has 19 heavy (non-hydrogen) atoms. The molecule has 1 fully saturated rings. The Morgan fingerprint density at radius 1 is 1.05 bits per heavy atom. The van der Waals surface area contributed by atoms with Crippen LogP contribution in [0, 0.1) is 0 Å². The van der Waals surface area contributed by atoms with Gasteiger partial charge in [0.25, 0.3) is 5.89 Å². The number of nitrogens with zero attached hydrogens (tertiary/aromatic N) is 4. The molecule has 0 radical (unpaired) electrons. The predicted octanol–water partition coefficient (Wildman–Crippen LogP) is 2.03. The van der Waals surface area contributed by atoms with Crippen LogP contribution in [0.25, 0.3) is 11.5 Å². The molecule has 6 heteroatoms. The monoisotopic (exact) mass is 259 g/mol. The molecular formula is C13H17N5O. The highest BCUT2D eigenvalue weighted by atomic mass is 16.5. The van der Waals surface area contributed by atoms with E-state index in [1.807, 2.05) is 0 Å². The van der Waals surface area contributed by atoms with Crippen LogP contribution in [0.4, 0.5) is 0 Å². The summed E-state index contributed by atoms with van der Waals surface area (Å²) in [5.41, 5.74) is 6.73. The average Bonchev–Trinajstić information content (AvgIpc) is 2.85. The fourth-order valence-electron chi connectivity index (χ4n) is 2.54. The summed E-state index contributed by atoms with van der Waals surface area (Å²) in [6.45, 7) is 0. The Labute approximate surface area is 111 Å². The molecule has 0 spiro atoms. The van der Waals surface area contributed by atoms with E-state index in [0.29, 0.717) is 11.7 Å². The summed E-state index contributed by atoms with van der Waals surface area (Å²) < 4.78 is 5.29. The third-order valence-electron chi connectivity index (χ3n) is 3.67. The predicted molar refractivity (Wildman–Crippen MR) is 68.9 cm³/mol. The van der Waals surface area contributed by atoms with E-state index in [-0.39, 0.29) is 0 Å². The fourth-order valence-corrected chi connectivity index (χ4v) is 2.54. The van der Waals surface area contributed by atoms with E-state index in [1.54, 1.807) is 12.4 Å². The molecule has 0 bridgehead atoms. The quantitative estimate of drug-likeness (QED) is 0.830. The van der Waals surface area contributed by atoms with E-state index in [2.05, 4.69) is 20.1 Å². The van der Waals surface area contributed by atoms with E-state index in [0.717, 1.165) is 31.2 Å². The maximum absolute atomic E-state index is 6.46. The lowest BCUT2D eigenvalue weighted by Crippen LogP contribution is -2.37. The lowest BCUT2D eigenvalue weighted by atomic mass is 9.91. The van der Waals surface area contributed by atoms with Crippen molar-refractivity contribution in [1.29, 1.82) is 0 Å². The van der Waals surface area contributed by atoms with Crippen LogP contribution >= 0.6 is 0 Å². The Kier molecular flexibility index (Phi) is 3.25. The molecule has 0 aromatic carbocycles. The molecule has 1 aliphatic carbocycles. The van der Waals surface area contributed by atoms with E-state index >= 15 is 0 Å². The van der Waals surface area contributed by atoms with E-state index in [9.17, 15) is 0 Å². The minimum absolute atomic E-state index is 0.435. The summed E-state index contributed by atoms with van der Waals surface area (Å²) in [7, 11) is 0. The molecular weight excluding hydrogens is 242 g/mol. The van der Waals surface area contributed by atoms with Gasteiger partial charge in [-0.25, -0.2) is 9.97 Å². The van der Waals surface area contributed by atoms with Crippen molar-refractivity contribution in [3.63, 3.8) is 0 Å². The van der Waals surface area contributed by atoms with Gasteiger partial charge in [-0.2, -0.15) is 4.98 Å². The van der Waals surface area contributed by atoms with E-state index in [1.165, 1.54) is 19.2 Å². The maximum atomic E-state index is 6.46. The Morgan fingerprint density at radius 2 is 1.74 bits per heavy atom. The van der Waals surface area contributed by atoms with Crippen molar-refractivity contribution < 1.29 is 4.52 Å². The first-order valence-electron chi connectivity index (χ1n) is 6.66. The van der Waals surface area contributed by atoms with Crippen LogP contribution < -0.4 is 5.73 Å². The minimum atomic E-state index is -0.451. The van der Waals surface area contributed by atoms with Crippen molar-refractivity contribution in [2.75, 3.05) is 0 Å². The Morgan fingerprint density at radius 3 is 2.42 bits per heavy atom. The number of hydrogen-bond donors (Lipinski definition) is 1. The molecule has 1 aliphatic rings. The third kappa shape index (κ3) is 2.49. The molecule has 0 atom stereocenters. The van der Waals surface area contributed by atoms with E-state index < -0.39 is 5.54 Å². The normalized spacial score (nSPS) is 19.0. The number of nitrogens with two attached hydrogens (primary N) is 1. The van der Waals surface area contributed by atoms with Crippen LogP contribution in [-0.2, 0) is 5.54 Å². The van der Waals surface area contributed by atoms with Gasteiger partial charge < -0.3 is 10.3 Å². The summed E-state index contributed by atoms with van der Waals surface area (Å²) in [6.07, 6.45) is 11.3. The molecule has 0 saturated heterocycles. The zero-order valence-corrected chi connectivity index (χ0v) is 10.7. The highest BCUT2D eigenvalue weighted by Gasteiger charge is 2.33. The van der Waals surface area contributed by atoms with Crippen molar-refractivity contribution in [3.05, 3.63) is 24.5 Å². The van der Waals surface area contributed by atoms with Crippen LogP contribution in [-0.4, -0.2) is 20.1 Å². The summed E-state index contributed by atoms with van der Waals surface area (Å²) in [4.78, 5) is 12.3. The summed E-state index contributed by atoms with van der Waals surface area (Å²) in [6, 6.07) is 0. The molecule has 1 saturated carbocycles. The molecule has 6 nitrogen and oxygen atoms in total. The van der Waals surface area contributed by atoms with Crippen molar-refractivity contribution in [1.82, 2.24) is 20.1 Å². The molecule has 3 rings (SSSR count). The molecule has 2 N–H and O–H groups in total. The van der Waals surface area contributed by atoms with Crippen molar-refractivity contribution in [2.24, 2.45) is 5.73 Å². The number of rotatable bonds is 2. The smallest absolute Gasteiger partial charge is 0.261 e. The van der Waals surface area contributed by atoms with E-state index in [4.69, 9.17) is 10.3 Å². The van der Waals surface area contributed by atoms with Crippen molar-refractivity contribution in [2.45, 2.75) is 44.1 Å². The lowest BCUT2D eigenvalue weighted by molar-refractivity contribution is 0.334. The highest BCUT2D eigenvalue weighted by molar-refractivity contribution is 5.48. The molecule has 2 aromatic rings. The second kappa shape index (κ2) is 5.05. The zero-order chi connectivity index (χ0) is 13.1. The summed E-state index contributed by atoms with van der Waals surface area (Å²) in [5.74, 6) is 1.04. The van der Waals surface area contributed by atoms with Gasteiger partial charge in [0.1, 0.15) is 6.33 Å². The second-order valence-electron chi connectivity index (χ2n) is 5.12. The molecule has 0 amide bonds. The van der Waals surface area contributed by atoms with Gasteiger partial charge in [0.15, 0.2) is 5.82 Å². The Balaban J connectivity index is 1.88. The first-order chi connectivity index (χ1) is 9.28. The van der Waals surface area contributed by atoms with Gasteiger partial charge in [0, 0.05) is 12.4 Å². The van der Waals surface area contributed by atoms with Crippen LogP contribution in [0.15, 0.2) is 23.2 Å². The maximum Gasteiger partial charge on any atom is 0.261 e.